The summed E-state index contributed by atoms with van der Waals surface area (Å²) in [5.74, 6) is 0.484. The van der Waals surface area contributed by atoms with Crippen molar-refractivity contribution in [2.75, 3.05) is 22.5 Å². The van der Waals surface area contributed by atoms with E-state index in [4.69, 9.17) is 0 Å². The lowest BCUT2D eigenvalue weighted by molar-refractivity contribution is -0.116. The van der Waals surface area contributed by atoms with Gasteiger partial charge in [0, 0.05) is 18.3 Å². The zero-order chi connectivity index (χ0) is 16.2. The minimum absolute atomic E-state index is 0.114. The van der Waals surface area contributed by atoms with E-state index in [-0.39, 0.29) is 11.9 Å². The van der Waals surface area contributed by atoms with Crippen molar-refractivity contribution >= 4 is 39.8 Å². The number of benzene rings is 1. The Morgan fingerprint density at radius 1 is 1.52 bits per heavy atom. The fourth-order valence-electron chi connectivity index (χ4n) is 2.64. The molecule has 1 atom stereocenters. The molecule has 2 aromatic rings. The van der Waals surface area contributed by atoms with E-state index < -0.39 is 0 Å². The molecule has 0 aliphatic carbocycles. The second-order valence-corrected chi connectivity index (χ2v) is 7.48. The van der Waals surface area contributed by atoms with E-state index in [1.165, 1.54) is 28.7 Å². The van der Waals surface area contributed by atoms with E-state index in [2.05, 4.69) is 35.1 Å². The SMILES string of the molecule is C=CCNc1nnc(SCC(=O)N2c3ccccc3C[C@@H]2C)s1. The van der Waals surface area contributed by atoms with E-state index >= 15 is 0 Å². The molecule has 2 heterocycles. The first-order valence-corrected chi connectivity index (χ1v) is 9.20. The number of rotatable bonds is 6. The molecule has 1 aliphatic rings. The quantitative estimate of drug-likeness (QED) is 0.643. The van der Waals surface area contributed by atoms with Gasteiger partial charge in [0.2, 0.25) is 11.0 Å². The Morgan fingerprint density at radius 3 is 3.17 bits per heavy atom. The molecule has 0 radical (unpaired) electrons. The van der Waals surface area contributed by atoms with Gasteiger partial charge >= 0.3 is 0 Å². The molecular weight excluding hydrogens is 328 g/mol. The standard InChI is InChI=1S/C16H18N4OS2/c1-3-8-17-15-18-19-16(23-15)22-10-14(21)20-11(2)9-12-6-4-5-7-13(12)20/h3-7,11H,1,8-10H2,2H3,(H,17,18)/t11-/m0/s1. The molecule has 0 unspecified atom stereocenters. The minimum Gasteiger partial charge on any atom is -0.357 e. The van der Waals surface area contributed by atoms with Crippen molar-refractivity contribution in [3.63, 3.8) is 0 Å². The number of anilines is 2. The topological polar surface area (TPSA) is 58.1 Å². The first kappa shape index (κ1) is 16.0. The van der Waals surface area contributed by atoms with Crippen molar-refractivity contribution in [1.82, 2.24) is 10.2 Å². The molecule has 23 heavy (non-hydrogen) atoms. The van der Waals surface area contributed by atoms with Crippen LogP contribution in [0.1, 0.15) is 12.5 Å². The molecule has 1 N–H and O–H groups in total. The van der Waals surface area contributed by atoms with Crippen LogP contribution in [0.2, 0.25) is 0 Å². The van der Waals surface area contributed by atoms with Crippen molar-refractivity contribution < 1.29 is 4.79 Å². The smallest absolute Gasteiger partial charge is 0.237 e. The maximum absolute atomic E-state index is 12.6. The zero-order valence-corrected chi connectivity index (χ0v) is 14.5. The third kappa shape index (κ3) is 3.56. The van der Waals surface area contributed by atoms with E-state index in [9.17, 15) is 4.79 Å². The summed E-state index contributed by atoms with van der Waals surface area (Å²) in [5, 5.41) is 12.0. The van der Waals surface area contributed by atoms with Gasteiger partial charge in [-0.25, -0.2) is 0 Å². The summed E-state index contributed by atoms with van der Waals surface area (Å²) in [6, 6.07) is 8.32. The second kappa shape index (κ2) is 7.14. The summed E-state index contributed by atoms with van der Waals surface area (Å²) < 4.78 is 0.796. The summed E-state index contributed by atoms with van der Waals surface area (Å²) in [6.07, 6.45) is 2.69. The Balaban J connectivity index is 1.61. The Morgan fingerprint density at radius 2 is 2.35 bits per heavy atom. The predicted molar refractivity (Wildman–Crippen MR) is 96.4 cm³/mol. The predicted octanol–water partition coefficient (Wildman–Crippen LogP) is 3.21. The van der Waals surface area contributed by atoms with Gasteiger partial charge in [-0.15, -0.1) is 16.8 Å². The number of hydrogen-bond donors (Lipinski definition) is 1. The van der Waals surface area contributed by atoms with Gasteiger partial charge in [-0.3, -0.25) is 4.79 Å². The maximum atomic E-state index is 12.6. The van der Waals surface area contributed by atoms with Gasteiger partial charge in [0.25, 0.3) is 0 Å². The van der Waals surface area contributed by atoms with Gasteiger partial charge in [-0.05, 0) is 25.0 Å². The first-order valence-electron chi connectivity index (χ1n) is 7.40. The van der Waals surface area contributed by atoms with Crippen molar-refractivity contribution in [2.24, 2.45) is 0 Å². The van der Waals surface area contributed by atoms with Crippen molar-refractivity contribution in [3.8, 4) is 0 Å². The zero-order valence-electron chi connectivity index (χ0n) is 12.9. The van der Waals surface area contributed by atoms with Crippen LogP contribution in [0.5, 0.6) is 0 Å². The average molecular weight is 346 g/mol. The van der Waals surface area contributed by atoms with Crippen LogP contribution < -0.4 is 10.2 Å². The highest BCUT2D eigenvalue weighted by Gasteiger charge is 2.30. The largest absolute Gasteiger partial charge is 0.357 e. The number of hydrogen-bond acceptors (Lipinski definition) is 6. The van der Waals surface area contributed by atoms with E-state index in [0.717, 1.165) is 21.6 Å². The lowest BCUT2D eigenvalue weighted by Crippen LogP contribution is -2.36. The average Bonchev–Trinajstić information content (AvgIpc) is 3.13. The summed E-state index contributed by atoms with van der Waals surface area (Å²) >= 11 is 2.89. The van der Waals surface area contributed by atoms with Gasteiger partial charge in [-0.1, -0.05) is 47.4 Å². The highest BCUT2D eigenvalue weighted by molar-refractivity contribution is 8.01. The fraction of sp³-hybridized carbons (Fsp3) is 0.312. The molecule has 1 amide bonds. The molecule has 0 spiro atoms. The molecule has 1 aromatic carbocycles. The molecule has 0 bridgehead atoms. The van der Waals surface area contributed by atoms with Gasteiger partial charge < -0.3 is 10.2 Å². The molecular formula is C16H18N4OS2. The molecule has 120 valence electrons. The van der Waals surface area contributed by atoms with Gasteiger partial charge in [0.15, 0.2) is 4.34 Å². The number of fused-ring (bicyclic) bond motifs is 1. The molecule has 0 saturated carbocycles. The van der Waals surface area contributed by atoms with Crippen molar-refractivity contribution in [1.29, 1.82) is 0 Å². The number of carbonyl (C=O) groups excluding carboxylic acids is 1. The van der Waals surface area contributed by atoms with Gasteiger partial charge in [0.05, 0.1) is 5.75 Å². The molecule has 7 heteroatoms. The summed E-state index contributed by atoms with van der Waals surface area (Å²) in [5.41, 5.74) is 2.28. The summed E-state index contributed by atoms with van der Waals surface area (Å²) in [7, 11) is 0. The number of amides is 1. The molecule has 3 rings (SSSR count). The number of nitrogens with zero attached hydrogens (tertiary/aromatic N) is 3. The van der Waals surface area contributed by atoms with Crippen LogP contribution in [0.3, 0.4) is 0 Å². The van der Waals surface area contributed by atoms with Crippen LogP contribution in [0.25, 0.3) is 0 Å². The normalized spacial score (nSPS) is 16.2. The first-order chi connectivity index (χ1) is 11.2. The van der Waals surface area contributed by atoms with Gasteiger partial charge in [0.1, 0.15) is 0 Å². The molecule has 5 nitrogen and oxygen atoms in total. The summed E-state index contributed by atoms with van der Waals surface area (Å²) in [6.45, 7) is 6.39. The van der Waals surface area contributed by atoms with Crippen LogP contribution >= 0.6 is 23.1 Å². The van der Waals surface area contributed by atoms with Crippen LogP contribution in [0.4, 0.5) is 10.8 Å². The molecule has 1 aliphatic heterocycles. The molecule has 0 saturated heterocycles. The highest BCUT2D eigenvalue weighted by Crippen LogP contribution is 2.33. The number of para-hydroxylation sites is 1. The Labute approximate surface area is 143 Å². The van der Waals surface area contributed by atoms with E-state index in [0.29, 0.717) is 12.3 Å². The Bertz CT molecular complexity index is 716. The third-order valence-electron chi connectivity index (χ3n) is 3.60. The lowest BCUT2D eigenvalue weighted by Gasteiger charge is -2.22. The van der Waals surface area contributed by atoms with Crippen LogP contribution in [-0.4, -0.2) is 34.4 Å². The monoisotopic (exact) mass is 346 g/mol. The maximum Gasteiger partial charge on any atom is 0.237 e. The van der Waals surface area contributed by atoms with Crippen LogP contribution in [0, 0.1) is 0 Å². The summed E-state index contributed by atoms with van der Waals surface area (Å²) in [4.78, 5) is 14.5. The van der Waals surface area contributed by atoms with Crippen LogP contribution in [0.15, 0.2) is 41.3 Å². The number of carbonyl (C=O) groups is 1. The number of nitrogens with one attached hydrogen (secondary N) is 1. The van der Waals surface area contributed by atoms with Crippen LogP contribution in [-0.2, 0) is 11.2 Å². The number of thioether (sulfide) groups is 1. The van der Waals surface area contributed by atoms with E-state index in [1.54, 1.807) is 6.08 Å². The fourth-order valence-corrected chi connectivity index (χ4v) is 4.26. The molecule has 0 fully saturated rings. The second-order valence-electron chi connectivity index (χ2n) is 5.28. The highest BCUT2D eigenvalue weighted by atomic mass is 32.2. The lowest BCUT2D eigenvalue weighted by atomic mass is 10.1. The third-order valence-corrected chi connectivity index (χ3v) is 5.60. The molecule has 1 aromatic heterocycles. The van der Waals surface area contributed by atoms with Crippen molar-refractivity contribution in [3.05, 3.63) is 42.5 Å². The number of aromatic nitrogens is 2. The Kier molecular flexibility index (Phi) is 4.97. The minimum atomic E-state index is 0.114. The van der Waals surface area contributed by atoms with Gasteiger partial charge in [-0.2, -0.15) is 0 Å². The van der Waals surface area contributed by atoms with Crippen molar-refractivity contribution in [2.45, 2.75) is 23.7 Å². The van der Waals surface area contributed by atoms with E-state index in [1.807, 2.05) is 23.1 Å². The Hall–Kier alpha value is -1.86.